The minimum Gasteiger partial charge on any atom is -0.496 e. The minimum atomic E-state index is -0.298. The molecule has 0 aromatic heterocycles. The van der Waals surface area contributed by atoms with Gasteiger partial charge < -0.3 is 14.6 Å². The van der Waals surface area contributed by atoms with Crippen LogP contribution < -0.4 is 4.74 Å². The van der Waals surface area contributed by atoms with E-state index >= 15 is 0 Å². The van der Waals surface area contributed by atoms with Gasteiger partial charge in [0.15, 0.2) is 0 Å². The maximum Gasteiger partial charge on any atom is 0.132 e. The first kappa shape index (κ1) is 17.4. The molecule has 1 aliphatic carbocycles. The van der Waals surface area contributed by atoms with Crippen molar-refractivity contribution < 1.29 is 19.4 Å². The Morgan fingerprint density at radius 2 is 2.00 bits per heavy atom. The molecule has 4 nitrogen and oxygen atoms in total. The SMILES string of the molecule is COc1ccc(C2CC(O)CC(C)O2)cc1CC1CCC(=O)CC1. The molecule has 0 spiro atoms. The molecule has 0 amide bonds. The normalized spacial score (nSPS) is 28.8. The molecule has 1 aromatic carbocycles. The number of aliphatic hydroxyl groups excluding tert-OH is 1. The fraction of sp³-hybridized carbons (Fsp3) is 0.650. The first-order chi connectivity index (χ1) is 11.5. The van der Waals surface area contributed by atoms with Crippen LogP contribution in [0.25, 0.3) is 0 Å². The van der Waals surface area contributed by atoms with Gasteiger partial charge in [0.1, 0.15) is 11.5 Å². The number of hydrogen-bond donors (Lipinski definition) is 1. The molecule has 3 atom stereocenters. The molecule has 1 saturated heterocycles. The molecule has 1 heterocycles. The van der Waals surface area contributed by atoms with Crippen molar-refractivity contribution in [1.82, 2.24) is 0 Å². The summed E-state index contributed by atoms with van der Waals surface area (Å²) in [6, 6.07) is 6.22. The number of carbonyl (C=O) groups excluding carboxylic acids is 1. The molecule has 0 bridgehead atoms. The lowest BCUT2D eigenvalue weighted by Crippen LogP contribution is -2.29. The van der Waals surface area contributed by atoms with Crippen LogP contribution in [-0.2, 0) is 16.0 Å². The van der Waals surface area contributed by atoms with E-state index in [1.165, 1.54) is 5.56 Å². The highest BCUT2D eigenvalue weighted by Gasteiger charge is 2.28. The summed E-state index contributed by atoms with van der Waals surface area (Å²) in [6.45, 7) is 2.01. The van der Waals surface area contributed by atoms with E-state index in [9.17, 15) is 9.90 Å². The minimum absolute atomic E-state index is 0.0543. The zero-order chi connectivity index (χ0) is 17.1. The van der Waals surface area contributed by atoms with Gasteiger partial charge in [0.05, 0.1) is 25.4 Å². The standard InChI is InChI=1S/C20H28O4/c1-13-9-18(22)12-20(24-13)15-5-8-19(23-2)16(11-15)10-14-3-6-17(21)7-4-14/h5,8,11,13-14,18,20,22H,3-4,6-7,9-10,12H2,1-2H3. The number of rotatable bonds is 4. The van der Waals surface area contributed by atoms with E-state index in [1.54, 1.807) is 7.11 Å². The predicted molar refractivity (Wildman–Crippen MR) is 92.2 cm³/mol. The Labute approximate surface area is 144 Å². The Bertz CT molecular complexity index is 563. The second kappa shape index (κ2) is 7.66. The van der Waals surface area contributed by atoms with E-state index in [2.05, 4.69) is 6.07 Å². The van der Waals surface area contributed by atoms with E-state index in [4.69, 9.17) is 9.47 Å². The van der Waals surface area contributed by atoms with Crippen molar-refractivity contribution in [3.05, 3.63) is 29.3 Å². The number of aliphatic hydroxyl groups is 1. The lowest BCUT2D eigenvalue weighted by atomic mass is 9.83. The predicted octanol–water partition coefficient (Wildman–Crippen LogP) is 3.60. The summed E-state index contributed by atoms with van der Waals surface area (Å²) in [5, 5.41) is 10.0. The van der Waals surface area contributed by atoms with Crippen LogP contribution in [0.15, 0.2) is 18.2 Å². The molecule has 3 rings (SSSR count). The summed E-state index contributed by atoms with van der Waals surface area (Å²) in [5.41, 5.74) is 2.30. The van der Waals surface area contributed by atoms with Crippen LogP contribution in [0.2, 0.25) is 0 Å². The highest BCUT2D eigenvalue weighted by molar-refractivity contribution is 5.79. The van der Waals surface area contributed by atoms with Crippen molar-refractivity contribution in [2.24, 2.45) is 5.92 Å². The molecule has 1 aliphatic heterocycles. The van der Waals surface area contributed by atoms with Crippen molar-refractivity contribution in [3.8, 4) is 5.75 Å². The Kier molecular flexibility index (Phi) is 5.57. The van der Waals surface area contributed by atoms with Crippen LogP contribution in [-0.4, -0.2) is 30.2 Å². The highest BCUT2D eigenvalue weighted by atomic mass is 16.5. The number of ether oxygens (including phenoxy) is 2. The van der Waals surface area contributed by atoms with Gasteiger partial charge in [-0.3, -0.25) is 4.79 Å². The van der Waals surface area contributed by atoms with Crippen LogP contribution in [0.4, 0.5) is 0 Å². The smallest absolute Gasteiger partial charge is 0.132 e. The van der Waals surface area contributed by atoms with Crippen LogP contribution in [0.1, 0.15) is 62.7 Å². The van der Waals surface area contributed by atoms with Gasteiger partial charge in [0.2, 0.25) is 0 Å². The third-order valence-corrected chi connectivity index (χ3v) is 5.33. The van der Waals surface area contributed by atoms with Crippen LogP contribution in [0, 0.1) is 5.92 Å². The summed E-state index contributed by atoms with van der Waals surface area (Å²) in [6.07, 6.45) is 5.39. The molecule has 3 unspecified atom stereocenters. The number of benzene rings is 1. The van der Waals surface area contributed by atoms with Gasteiger partial charge in [-0.2, -0.15) is 0 Å². The topological polar surface area (TPSA) is 55.8 Å². The maximum absolute atomic E-state index is 11.4. The second-order valence-electron chi connectivity index (χ2n) is 7.32. The van der Waals surface area contributed by atoms with Gasteiger partial charge in [-0.1, -0.05) is 6.07 Å². The molecule has 1 saturated carbocycles. The summed E-state index contributed by atoms with van der Waals surface area (Å²) in [7, 11) is 1.70. The average molecular weight is 332 g/mol. The number of Topliss-reactive ketones (excluding diaryl/α,β-unsaturated/α-hetero) is 1. The van der Waals surface area contributed by atoms with Crippen molar-refractivity contribution in [2.75, 3.05) is 7.11 Å². The molecule has 1 N–H and O–H groups in total. The van der Waals surface area contributed by atoms with Crippen LogP contribution in [0.5, 0.6) is 5.75 Å². The van der Waals surface area contributed by atoms with E-state index in [0.717, 1.165) is 30.6 Å². The van der Waals surface area contributed by atoms with Crippen molar-refractivity contribution >= 4 is 5.78 Å². The largest absolute Gasteiger partial charge is 0.496 e. The zero-order valence-corrected chi connectivity index (χ0v) is 14.7. The number of ketones is 1. The molecule has 0 radical (unpaired) electrons. The quantitative estimate of drug-likeness (QED) is 0.915. The Hall–Kier alpha value is -1.39. The summed E-state index contributed by atoms with van der Waals surface area (Å²) in [5.74, 6) is 1.84. The fourth-order valence-corrected chi connectivity index (χ4v) is 4.01. The number of methoxy groups -OCH3 is 1. The second-order valence-corrected chi connectivity index (χ2v) is 7.32. The highest BCUT2D eigenvalue weighted by Crippen LogP contribution is 2.35. The lowest BCUT2D eigenvalue weighted by Gasteiger charge is -2.32. The summed E-state index contributed by atoms with van der Waals surface area (Å²) in [4.78, 5) is 11.4. The average Bonchev–Trinajstić information content (AvgIpc) is 2.56. The van der Waals surface area contributed by atoms with Gasteiger partial charge in [0.25, 0.3) is 0 Å². The Morgan fingerprint density at radius 1 is 1.25 bits per heavy atom. The number of hydrogen-bond acceptors (Lipinski definition) is 4. The van der Waals surface area contributed by atoms with E-state index in [-0.39, 0.29) is 18.3 Å². The molecule has 132 valence electrons. The number of carbonyl (C=O) groups is 1. The van der Waals surface area contributed by atoms with E-state index in [0.29, 0.717) is 37.4 Å². The molecule has 2 aliphatic rings. The molecular formula is C20H28O4. The van der Waals surface area contributed by atoms with Gasteiger partial charge in [-0.15, -0.1) is 0 Å². The third-order valence-electron chi connectivity index (χ3n) is 5.33. The van der Waals surface area contributed by atoms with E-state index in [1.807, 2.05) is 19.1 Å². The van der Waals surface area contributed by atoms with Gasteiger partial charge in [-0.05, 0) is 61.8 Å². The summed E-state index contributed by atoms with van der Waals surface area (Å²) >= 11 is 0. The van der Waals surface area contributed by atoms with Crippen LogP contribution in [0.3, 0.4) is 0 Å². The molecule has 4 heteroatoms. The lowest BCUT2D eigenvalue weighted by molar-refractivity contribution is -0.121. The molecule has 2 fully saturated rings. The maximum atomic E-state index is 11.4. The third kappa shape index (κ3) is 4.17. The van der Waals surface area contributed by atoms with Crippen molar-refractivity contribution in [2.45, 2.75) is 70.2 Å². The van der Waals surface area contributed by atoms with Crippen molar-refractivity contribution in [3.63, 3.8) is 0 Å². The van der Waals surface area contributed by atoms with E-state index < -0.39 is 0 Å². The molecular weight excluding hydrogens is 304 g/mol. The van der Waals surface area contributed by atoms with Gasteiger partial charge >= 0.3 is 0 Å². The van der Waals surface area contributed by atoms with Crippen molar-refractivity contribution in [1.29, 1.82) is 0 Å². The molecule has 24 heavy (non-hydrogen) atoms. The monoisotopic (exact) mass is 332 g/mol. The Balaban J connectivity index is 1.76. The fourth-order valence-electron chi connectivity index (χ4n) is 4.01. The first-order valence-electron chi connectivity index (χ1n) is 9.07. The summed E-state index contributed by atoms with van der Waals surface area (Å²) < 4.78 is 11.6. The zero-order valence-electron chi connectivity index (χ0n) is 14.7. The van der Waals surface area contributed by atoms with Crippen LogP contribution >= 0.6 is 0 Å². The first-order valence-corrected chi connectivity index (χ1v) is 9.07. The Morgan fingerprint density at radius 3 is 2.67 bits per heavy atom. The van der Waals surface area contributed by atoms with Gasteiger partial charge in [-0.25, -0.2) is 0 Å². The van der Waals surface area contributed by atoms with Gasteiger partial charge in [0, 0.05) is 19.3 Å². The molecule has 1 aromatic rings.